The Balaban J connectivity index is 2.72. The fourth-order valence-corrected chi connectivity index (χ4v) is 2.19. The summed E-state index contributed by atoms with van der Waals surface area (Å²) in [6.45, 7) is 2.15. The van der Waals surface area contributed by atoms with Crippen LogP contribution in [0.5, 0.6) is 0 Å². The Bertz CT molecular complexity index is 461. The highest BCUT2D eigenvalue weighted by Crippen LogP contribution is 2.32. The first-order valence-electron chi connectivity index (χ1n) is 4.46. The van der Waals surface area contributed by atoms with E-state index in [2.05, 4.69) is 75.2 Å². The van der Waals surface area contributed by atoms with Gasteiger partial charge >= 0.3 is 0 Å². The molecule has 0 fully saturated rings. The van der Waals surface area contributed by atoms with Crippen molar-refractivity contribution in [3.63, 3.8) is 0 Å². The van der Waals surface area contributed by atoms with Crippen molar-refractivity contribution in [1.29, 1.82) is 0 Å². The molecule has 0 spiro atoms. The van der Waals surface area contributed by atoms with Gasteiger partial charge in [0.1, 0.15) is 0 Å². The van der Waals surface area contributed by atoms with Gasteiger partial charge in [-0.1, -0.05) is 62.2 Å². The second-order valence-corrected chi connectivity index (χ2v) is 6.42. The largest absolute Gasteiger partial charge is 0.0946 e. The van der Waals surface area contributed by atoms with Crippen LogP contribution in [-0.4, -0.2) is 0 Å². The predicted octanol–water partition coefficient (Wildman–Crippen LogP) is 4.94. The molecule has 0 aliphatic rings. The molecule has 0 N–H and O–H groups in total. The molecule has 0 aliphatic carbocycles. The molecule has 0 bridgehead atoms. The molecule has 0 unspecified atom stereocenters. The zero-order valence-corrected chi connectivity index (χ0v) is 11.0. The maximum absolute atomic E-state index is 3.52. The first-order valence-corrected chi connectivity index (χ1v) is 6.29. The number of halogens is 2. The van der Waals surface area contributed by atoms with Gasteiger partial charge in [-0.2, -0.15) is 0 Å². The van der Waals surface area contributed by atoms with Gasteiger partial charge in [-0.05, 0) is 34.9 Å². The molecule has 0 radical (unpaired) electrons. The van der Waals surface area contributed by atoms with E-state index in [1.165, 1.54) is 21.9 Å². The highest BCUT2D eigenvalue weighted by Gasteiger charge is 2.05. The lowest BCUT2D eigenvalue weighted by Gasteiger charge is -2.07. The minimum atomic E-state index is 0.235. The van der Waals surface area contributed by atoms with Gasteiger partial charge in [0.05, 0.1) is 3.74 Å². The highest BCUT2D eigenvalue weighted by molar-refractivity contribution is 9.24. The highest BCUT2D eigenvalue weighted by atomic mass is 79.9. The van der Waals surface area contributed by atoms with Crippen molar-refractivity contribution in [2.75, 3.05) is 0 Å². The lowest BCUT2D eigenvalue weighted by atomic mass is 10.0. The summed E-state index contributed by atoms with van der Waals surface area (Å²) in [4.78, 5) is 0. The van der Waals surface area contributed by atoms with E-state index in [-0.39, 0.29) is 3.74 Å². The van der Waals surface area contributed by atoms with Crippen LogP contribution < -0.4 is 0 Å². The topological polar surface area (TPSA) is 0 Å². The molecule has 0 aliphatic heterocycles. The van der Waals surface area contributed by atoms with Crippen LogP contribution in [0.25, 0.3) is 10.8 Å². The van der Waals surface area contributed by atoms with Crippen molar-refractivity contribution < 1.29 is 0 Å². The van der Waals surface area contributed by atoms with Crippen molar-refractivity contribution in [2.24, 2.45) is 0 Å². The third-order valence-corrected chi connectivity index (χ3v) is 3.40. The minimum Gasteiger partial charge on any atom is -0.0712 e. The molecule has 2 aromatic carbocycles. The van der Waals surface area contributed by atoms with Crippen LogP contribution in [0.15, 0.2) is 36.4 Å². The lowest BCUT2D eigenvalue weighted by molar-refractivity contribution is 1.40. The Morgan fingerprint density at radius 2 is 1.79 bits per heavy atom. The van der Waals surface area contributed by atoms with E-state index in [9.17, 15) is 0 Å². The van der Waals surface area contributed by atoms with E-state index in [0.717, 1.165) is 0 Å². The molecule has 0 saturated heterocycles. The van der Waals surface area contributed by atoms with Crippen LogP contribution in [0.2, 0.25) is 0 Å². The standard InChI is InChI=1S/C12H10Br2/c1-8-6-10(12(13)14)7-9-4-2-3-5-11(8)9/h2-7,12H,1H3. The van der Waals surface area contributed by atoms with Crippen LogP contribution >= 0.6 is 31.9 Å². The molecule has 0 atom stereocenters. The number of fused-ring (bicyclic) bond motifs is 1. The van der Waals surface area contributed by atoms with Crippen LogP contribution in [0.1, 0.15) is 14.9 Å². The van der Waals surface area contributed by atoms with Gasteiger partial charge < -0.3 is 0 Å². The third-order valence-electron chi connectivity index (χ3n) is 2.34. The third kappa shape index (κ3) is 1.86. The zero-order valence-electron chi connectivity index (χ0n) is 7.80. The van der Waals surface area contributed by atoms with Gasteiger partial charge in [-0.3, -0.25) is 0 Å². The summed E-state index contributed by atoms with van der Waals surface area (Å²) in [5.41, 5.74) is 2.59. The molecule has 2 aromatic rings. The van der Waals surface area contributed by atoms with Crippen molar-refractivity contribution in [1.82, 2.24) is 0 Å². The summed E-state index contributed by atoms with van der Waals surface area (Å²) in [6.07, 6.45) is 0. The van der Waals surface area contributed by atoms with Gasteiger partial charge in [-0.25, -0.2) is 0 Å². The second-order valence-electron chi connectivity index (χ2n) is 3.36. The van der Waals surface area contributed by atoms with Crippen LogP contribution in [0, 0.1) is 6.92 Å². The fourth-order valence-electron chi connectivity index (χ4n) is 1.66. The maximum Gasteiger partial charge on any atom is 0.0946 e. The Labute approximate surface area is 101 Å². The summed E-state index contributed by atoms with van der Waals surface area (Å²) >= 11 is 7.04. The monoisotopic (exact) mass is 312 g/mol. The predicted molar refractivity (Wildman–Crippen MR) is 69.3 cm³/mol. The van der Waals surface area contributed by atoms with E-state index in [1.54, 1.807) is 0 Å². The number of rotatable bonds is 1. The Morgan fingerprint density at radius 3 is 2.50 bits per heavy atom. The fraction of sp³-hybridized carbons (Fsp3) is 0.167. The normalized spacial score (nSPS) is 11.1. The number of alkyl halides is 2. The molecular formula is C12H10Br2. The summed E-state index contributed by atoms with van der Waals surface area (Å²) in [6, 6.07) is 12.9. The average Bonchev–Trinajstić information content (AvgIpc) is 2.17. The van der Waals surface area contributed by atoms with Crippen molar-refractivity contribution in [3.05, 3.63) is 47.5 Å². The van der Waals surface area contributed by atoms with E-state index in [4.69, 9.17) is 0 Å². The molecule has 72 valence electrons. The minimum absolute atomic E-state index is 0.235. The van der Waals surface area contributed by atoms with Gasteiger partial charge in [0.25, 0.3) is 0 Å². The second kappa shape index (κ2) is 4.03. The molecular weight excluding hydrogens is 304 g/mol. The molecule has 0 heterocycles. The number of aryl methyl sites for hydroxylation is 1. The molecule has 0 aromatic heterocycles. The van der Waals surface area contributed by atoms with E-state index in [0.29, 0.717) is 0 Å². The Morgan fingerprint density at radius 1 is 1.07 bits per heavy atom. The van der Waals surface area contributed by atoms with Crippen molar-refractivity contribution in [2.45, 2.75) is 10.7 Å². The first-order chi connectivity index (χ1) is 6.68. The molecule has 2 rings (SSSR count). The average molecular weight is 314 g/mol. The maximum atomic E-state index is 3.52. The Hall–Kier alpha value is -0.340. The van der Waals surface area contributed by atoms with E-state index in [1.807, 2.05) is 0 Å². The molecule has 0 amide bonds. The van der Waals surface area contributed by atoms with Gasteiger partial charge in [0, 0.05) is 0 Å². The lowest BCUT2D eigenvalue weighted by Crippen LogP contribution is -1.85. The summed E-state index contributed by atoms with van der Waals surface area (Å²) in [5.74, 6) is 0. The van der Waals surface area contributed by atoms with Crippen LogP contribution in [0.4, 0.5) is 0 Å². The van der Waals surface area contributed by atoms with Gasteiger partial charge in [-0.15, -0.1) is 0 Å². The number of hydrogen-bond acceptors (Lipinski definition) is 0. The summed E-state index contributed by atoms with van der Waals surface area (Å²) < 4.78 is 0.235. The molecule has 2 heteroatoms. The smallest absolute Gasteiger partial charge is 0.0712 e. The Kier molecular flexibility index (Phi) is 2.93. The van der Waals surface area contributed by atoms with Crippen LogP contribution in [0.3, 0.4) is 0 Å². The van der Waals surface area contributed by atoms with E-state index >= 15 is 0 Å². The quantitative estimate of drug-likeness (QED) is 0.654. The van der Waals surface area contributed by atoms with Gasteiger partial charge in [0.15, 0.2) is 0 Å². The molecule has 0 nitrogen and oxygen atoms in total. The summed E-state index contributed by atoms with van der Waals surface area (Å²) in [7, 11) is 0. The van der Waals surface area contributed by atoms with E-state index < -0.39 is 0 Å². The van der Waals surface area contributed by atoms with Crippen molar-refractivity contribution >= 4 is 42.6 Å². The summed E-state index contributed by atoms with van der Waals surface area (Å²) in [5, 5.41) is 2.63. The molecule has 14 heavy (non-hydrogen) atoms. The number of benzene rings is 2. The first kappa shape index (κ1) is 10.2. The van der Waals surface area contributed by atoms with Crippen molar-refractivity contribution in [3.8, 4) is 0 Å². The number of hydrogen-bond donors (Lipinski definition) is 0. The van der Waals surface area contributed by atoms with Crippen LogP contribution in [-0.2, 0) is 0 Å². The van der Waals surface area contributed by atoms with Gasteiger partial charge in [0.2, 0.25) is 0 Å². The zero-order chi connectivity index (χ0) is 10.1. The molecule has 0 saturated carbocycles. The SMILES string of the molecule is Cc1cc(C(Br)Br)cc2ccccc12.